The molecule has 1 saturated heterocycles. The smallest absolute Gasteiger partial charge is 0.411 e. The molecular formula is C16H21NO5S. The van der Waals surface area contributed by atoms with Gasteiger partial charge in [-0.2, -0.15) is 0 Å². The SMILES string of the molecule is CC(C)(C)OC(=O)N1CCCC1C(=O)OCC(=O)c1cccs1. The number of Topliss-reactive ketones (excluding diaryl/α,β-unsaturated/α-hetero) is 1. The van der Waals surface area contributed by atoms with E-state index in [-0.39, 0.29) is 12.4 Å². The number of nitrogens with zero attached hydrogens (tertiary/aromatic N) is 1. The Morgan fingerprint density at radius 2 is 2.09 bits per heavy atom. The number of amides is 1. The third-order valence-electron chi connectivity index (χ3n) is 3.29. The molecule has 0 aromatic carbocycles. The fourth-order valence-electron chi connectivity index (χ4n) is 2.29. The summed E-state index contributed by atoms with van der Waals surface area (Å²) in [4.78, 5) is 38.1. The van der Waals surface area contributed by atoms with E-state index in [2.05, 4.69) is 0 Å². The summed E-state index contributed by atoms with van der Waals surface area (Å²) in [7, 11) is 0. The molecule has 6 nitrogen and oxygen atoms in total. The van der Waals surface area contributed by atoms with Gasteiger partial charge in [-0.3, -0.25) is 9.69 Å². The average molecular weight is 339 g/mol. The lowest BCUT2D eigenvalue weighted by atomic mass is 10.2. The van der Waals surface area contributed by atoms with Crippen LogP contribution in [0.25, 0.3) is 0 Å². The number of ketones is 1. The molecule has 0 saturated carbocycles. The van der Waals surface area contributed by atoms with Crippen molar-refractivity contribution in [3.63, 3.8) is 0 Å². The van der Waals surface area contributed by atoms with E-state index in [0.717, 1.165) is 0 Å². The van der Waals surface area contributed by atoms with Gasteiger partial charge >= 0.3 is 12.1 Å². The van der Waals surface area contributed by atoms with Crippen molar-refractivity contribution in [2.45, 2.75) is 45.3 Å². The molecule has 126 valence electrons. The van der Waals surface area contributed by atoms with Crippen LogP contribution >= 0.6 is 11.3 Å². The second-order valence-electron chi connectivity index (χ2n) is 6.34. The van der Waals surface area contributed by atoms with Crippen molar-refractivity contribution < 1.29 is 23.9 Å². The Morgan fingerprint density at radius 1 is 1.35 bits per heavy atom. The lowest BCUT2D eigenvalue weighted by Gasteiger charge is -2.27. The summed E-state index contributed by atoms with van der Waals surface area (Å²) in [5.74, 6) is -0.798. The number of carbonyl (C=O) groups is 3. The number of esters is 1. The molecule has 0 radical (unpaired) electrons. The molecule has 2 heterocycles. The van der Waals surface area contributed by atoms with E-state index in [0.29, 0.717) is 24.3 Å². The molecule has 1 unspecified atom stereocenters. The number of likely N-dealkylation sites (tertiary alicyclic amines) is 1. The first-order chi connectivity index (χ1) is 10.8. The lowest BCUT2D eigenvalue weighted by Crippen LogP contribution is -2.44. The Labute approximate surface area is 139 Å². The van der Waals surface area contributed by atoms with Crippen LogP contribution < -0.4 is 0 Å². The van der Waals surface area contributed by atoms with E-state index in [9.17, 15) is 14.4 Å². The monoisotopic (exact) mass is 339 g/mol. The number of rotatable bonds is 4. The second kappa shape index (κ2) is 7.12. The number of carbonyl (C=O) groups excluding carboxylic acids is 3. The van der Waals surface area contributed by atoms with Crippen LogP contribution in [0.4, 0.5) is 4.79 Å². The van der Waals surface area contributed by atoms with Gasteiger partial charge < -0.3 is 9.47 Å². The third-order valence-corrected chi connectivity index (χ3v) is 4.21. The molecule has 7 heteroatoms. The van der Waals surface area contributed by atoms with Gasteiger partial charge in [0.2, 0.25) is 5.78 Å². The summed E-state index contributed by atoms with van der Waals surface area (Å²) >= 11 is 1.30. The predicted octanol–water partition coefficient (Wildman–Crippen LogP) is 2.87. The zero-order valence-corrected chi connectivity index (χ0v) is 14.4. The van der Waals surface area contributed by atoms with Crippen molar-refractivity contribution in [3.8, 4) is 0 Å². The Kier molecular flexibility index (Phi) is 5.41. The first kappa shape index (κ1) is 17.5. The summed E-state index contributed by atoms with van der Waals surface area (Å²) in [6.07, 6.45) is 0.699. The third kappa shape index (κ3) is 4.79. The highest BCUT2D eigenvalue weighted by Crippen LogP contribution is 2.22. The van der Waals surface area contributed by atoms with E-state index in [1.165, 1.54) is 16.2 Å². The highest BCUT2D eigenvalue weighted by atomic mass is 32.1. The summed E-state index contributed by atoms with van der Waals surface area (Å²) in [5, 5.41) is 1.79. The van der Waals surface area contributed by atoms with Crippen molar-refractivity contribution in [1.29, 1.82) is 0 Å². The number of thiophene rings is 1. The highest BCUT2D eigenvalue weighted by Gasteiger charge is 2.37. The van der Waals surface area contributed by atoms with Gasteiger partial charge in [-0.1, -0.05) is 6.07 Å². The fraction of sp³-hybridized carbons (Fsp3) is 0.562. The largest absolute Gasteiger partial charge is 0.456 e. The van der Waals surface area contributed by atoms with Crippen LogP contribution in [0, 0.1) is 0 Å². The Hall–Kier alpha value is -1.89. The molecule has 0 bridgehead atoms. The minimum atomic E-state index is -0.680. The number of hydrogen-bond donors (Lipinski definition) is 0. The maximum absolute atomic E-state index is 12.2. The van der Waals surface area contributed by atoms with Crippen molar-refractivity contribution in [2.24, 2.45) is 0 Å². The zero-order chi connectivity index (χ0) is 17.0. The molecule has 1 atom stereocenters. The van der Waals surface area contributed by atoms with E-state index in [1.807, 2.05) is 0 Å². The maximum atomic E-state index is 12.2. The van der Waals surface area contributed by atoms with Gasteiger partial charge in [0.05, 0.1) is 4.88 Å². The van der Waals surface area contributed by atoms with Crippen molar-refractivity contribution >= 4 is 29.2 Å². The van der Waals surface area contributed by atoms with Crippen molar-refractivity contribution in [2.75, 3.05) is 13.2 Å². The van der Waals surface area contributed by atoms with Gasteiger partial charge in [0.15, 0.2) is 6.61 Å². The topological polar surface area (TPSA) is 72.9 Å². The molecule has 1 aromatic heterocycles. The molecular weight excluding hydrogens is 318 g/mol. The fourth-order valence-corrected chi connectivity index (χ4v) is 2.94. The van der Waals surface area contributed by atoms with E-state index in [1.54, 1.807) is 38.3 Å². The second-order valence-corrected chi connectivity index (χ2v) is 7.29. The van der Waals surface area contributed by atoms with Gasteiger partial charge in [0.25, 0.3) is 0 Å². The normalized spacial score (nSPS) is 17.9. The van der Waals surface area contributed by atoms with Gasteiger partial charge in [-0.05, 0) is 45.1 Å². The van der Waals surface area contributed by atoms with Crippen LogP contribution in [0.1, 0.15) is 43.3 Å². The van der Waals surface area contributed by atoms with Crippen molar-refractivity contribution in [3.05, 3.63) is 22.4 Å². The van der Waals surface area contributed by atoms with Gasteiger partial charge in [0, 0.05) is 6.54 Å². The number of hydrogen-bond acceptors (Lipinski definition) is 6. The molecule has 1 fully saturated rings. The average Bonchev–Trinajstić information content (AvgIpc) is 3.12. The molecule has 0 spiro atoms. The van der Waals surface area contributed by atoms with Gasteiger partial charge in [0.1, 0.15) is 11.6 Å². The maximum Gasteiger partial charge on any atom is 0.411 e. The number of ether oxygens (including phenoxy) is 2. The first-order valence-corrected chi connectivity index (χ1v) is 8.39. The van der Waals surface area contributed by atoms with E-state index in [4.69, 9.17) is 9.47 Å². The summed E-state index contributed by atoms with van der Waals surface area (Å²) in [6, 6.07) is 2.77. The van der Waals surface area contributed by atoms with Crippen LogP contribution in [0.3, 0.4) is 0 Å². The Morgan fingerprint density at radius 3 is 2.70 bits per heavy atom. The summed E-state index contributed by atoms with van der Waals surface area (Å²) < 4.78 is 10.4. The minimum absolute atomic E-state index is 0.241. The zero-order valence-electron chi connectivity index (χ0n) is 13.5. The summed E-state index contributed by atoms with van der Waals surface area (Å²) in [5.41, 5.74) is -0.622. The van der Waals surface area contributed by atoms with E-state index >= 15 is 0 Å². The molecule has 1 aliphatic rings. The summed E-state index contributed by atoms with van der Waals surface area (Å²) in [6.45, 7) is 5.46. The van der Waals surface area contributed by atoms with Crippen LogP contribution in [-0.4, -0.2) is 47.5 Å². The molecule has 1 aromatic rings. The Bertz CT molecular complexity index is 576. The van der Waals surface area contributed by atoms with Crippen LogP contribution in [0.2, 0.25) is 0 Å². The van der Waals surface area contributed by atoms with Crippen molar-refractivity contribution in [1.82, 2.24) is 4.90 Å². The van der Waals surface area contributed by atoms with Crippen LogP contribution in [0.15, 0.2) is 17.5 Å². The van der Waals surface area contributed by atoms with Crippen LogP contribution in [0.5, 0.6) is 0 Å². The van der Waals surface area contributed by atoms with Gasteiger partial charge in [-0.25, -0.2) is 9.59 Å². The first-order valence-electron chi connectivity index (χ1n) is 7.51. The predicted molar refractivity (Wildman–Crippen MR) is 85.6 cm³/mol. The quantitative estimate of drug-likeness (QED) is 0.623. The molecule has 23 heavy (non-hydrogen) atoms. The molecule has 1 amide bonds. The molecule has 2 rings (SSSR count). The van der Waals surface area contributed by atoms with E-state index < -0.39 is 23.7 Å². The molecule has 1 aliphatic heterocycles. The molecule has 0 aliphatic carbocycles. The van der Waals surface area contributed by atoms with Gasteiger partial charge in [-0.15, -0.1) is 11.3 Å². The highest BCUT2D eigenvalue weighted by molar-refractivity contribution is 7.12. The molecule has 0 N–H and O–H groups in total. The van der Waals surface area contributed by atoms with Crippen LogP contribution in [-0.2, 0) is 14.3 Å². The minimum Gasteiger partial charge on any atom is -0.456 e. The standard InChI is InChI=1S/C16H21NO5S/c1-16(2,3)22-15(20)17-8-4-6-11(17)14(19)21-10-12(18)13-7-5-9-23-13/h5,7,9,11H,4,6,8,10H2,1-3H3. The lowest BCUT2D eigenvalue weighted by molar-refractivity contribution is -0.147. The Balaban J connectivity index is 1.90.